The molecule has 1 heterocycles. The highest BCUT2D eigenvalue weighted by molar-refractivity contribution is 5.47. The van der Waals surface area contributed by atoms with Gasteiger partial charge < -0.3 is 10.6 Å². The van der Waals surface area contributed by atoms with Crippen molar-refractivity contribution < 1.29 is 0 Å². The van der Waals surface area contributed by atoms with Gasteiger partial charge in [0, 0.05) is 13.1 Å². The molecule has 0 radical (unpaired) electrons. The van der Waals surface area contributed by atoms with Crippen molar-refractivity contribution in [2.45, 2.75) is 39.5 Å². The van der Waals surface area contributed by atoms with Crippen LogP contribution in [0.5, 0.6) is 0 Å². The van der Waals surface area contributed by atoms with Gasteiger partial charge in [0.15, 0.2) is 0 Å². The summed E-state index contributed by atoms with van der Waals surface area (Å²) in [4.78, 5) is 6.55. The summed E-state index contributed by atoms with van der Waals surface area (Å²) in [5, 5.41) is 0. The molecule has 0 aliphatic carbocycles. The molecule has 0 atom stereocenters. The first kappa shape index (κ1) is 12.8. The molecule has 0 aromatic carbocycles. The average molecular weight is 221 g/mol. The van der Waals surface area contributed by atoms with E-state index in [2.05, 4.69) is 29.8 Å². The van der Waals surface area contributed by atoms with Crippen molar-refractivity contribution in [3.63, 3.8) is 0 Å². The Balaban J connectivity index is 2.62. The van der Waals surface area contributed by atoms with E-state index in [0.29, 0.717) is 5.82 Å². The zero-order valence-corrected chi connectivity index (χ0v) is 10.4. The molecule has 0 fully saturated rings. The fourth-order valence-electron chi connectivity index (χ4n) is 1.65. The van der Waals surface area contributed by atoms with Gasteiger partial charge >= 0.3 is 0 Å². The van der Waals surface area contributed by atoms with Crippen LogP contribution in [0.4, 0.5) is 11.5 Å². The zero-order chi connectivity index (χ0) is 11.8. The molecule has 0 spiro atoms. The summed E-state index contributed by atoms with van der Waals surface area (Å²) < 4.78 is 0. The Hall–Kier alpha value is -1.25. The van der Waals surface area contributed by atoms with Crippen molar-refractivity contribution in [1.82, 2.24) is 4.98 Å². The number of rotatable bonds is 7. The molecular weight excluding hydrogens is 198 g/mol. The van der Waals surface area contributed by atoms with E-state index in [-0.39, 0.29) is 0 Å². The maximum Gasteiger partial charge on any atom is 0.123 e. The van der Waals surface area contributed by atoms with Gasteiger partial charge in [0.2, 0.25) is 0 Å². The molecule has 0 saturated carbocycles. The van der Waals surface area contributed by atoms with Crippen LogP contribution in [0, 0.1) is 0 Å². The quantitative estimate of drug-likeness (QED) is 0.769. The second-order valence-electron chi connectivity index (χ2n) is 4.14. The minimum absolute atomic E-state index is 0.592. The lowest BCUT2D eigenvalue weighted by Crippen LogP contribution is -2.25. The van der Waals surface area contributed by atoms with Crippen LogP contribution in [0.2, 0.25) is 0 Å². The SMILES string of the molecule is CCCCN(CCCC)c1ccc(N)nc1. The first-order valence-electron chi connectivity index (χ1n) is 6.24. The minimum Gasteiger partial charge on any atom is -0.384 e. The number of anilines is 2. The van der Waals surface area contributed by atoms with E-state index in [9.17, 15) is 0 Å². The van der Waals surface area contributed by atoms with E-state index < -0.39 is 0 Å². The Kier molecular flexibility index (Phi) is 5.68. The van der Waals surface area contributed by atoms with E-state index in [1.54, 1.807) is 0 Å². The third-order valence-electron chi connectivity index (χ3n) is 2.70. The molecule has 1 rings (SSSR count). The zero-order valence-electron chi connectivity index (χ0n) is 10.4. The molecule has 90 valence electrons. The first-order valence-corrected chi connectivity index (χ1v) is 6.24. The molecule has 1 aromatic rings. The van der Waals surface area contributed by atoms with Gasteiger partial charge in [-0.2, -0.15) is 0 Å². The third kappa shape index (κ3) is 4.09. The van der Waals surface area contributed by atoms with Crippen LogP contribution in [-0.4, -0.2) is 18.1 Å². The van der Waals surface area contributed by atoms with Gasteiger partial charge in [-0.05, 0) is 25.0 Å². The van der Waals surface area contributed by atoms with Gasteiger partial charge in [-0.3, -0.25) is 0 Å². The predicted molar refractivity (Wildman–Crippen MR) is 70.7 cm³/mol. The molecule has 0 unspecified atom stereocenters. The number of unbranched alkanes of at least 4 members (excludes halogenated alkanes) is 2. The van der Waals surface area contributed by atoms with Crippen LogP contribution in [0.25, 0.3) is 0 Å². The van der Waals surface area contributed by atoms with E-state index in [0.717, 1.165) is 13.1 Å². The standard InChI is InChI=1S/C13H23N3/c1-3-5-9-16(10-6-4-2)12-7-8-13(14)15-11-12/h7-8,11H,3-6,9-10H2,1-2H3,(H2,14,15). The van der Waals surface area contributed by atoms with Crippen LogP contribution in [0.3, 0.4) is 0 Å². The molecule has 1 aromatic heterocycles. The summed E-state index contributed by atoms with van der Waals surface area (Å²) in [6.07, 6.45) is 6.79. The van der Waals surface area contributed by atoms with Crippen molar-refractivity contribution in [2.75, 3.05) is 23.7 Å². The summed E-state index contributed by atoms with van der Waals surface area (Å²) in [6, 6.07) is 3.94. The monoisotopic (exact) mass is 221 g/mol. The fourth-order valence-corrected chi connectivity index (χ4v) is 1.65. The Labute approximate surface area is 98.7 Å². The van der Waals surface area contributed by atoms with Crippen LogP contribution < -0.4 is 10.6 Å². The molecule has 0 saturated heterocycles. The molecule has 3 nitrogen and oxygen atoms in total. The number of nitrogens with zero attached hydrogens (tertiary/aromatic N) is 2. The number of pyridine rings is 1. The number of hydrogen-bond acceptors (Lipinski definition) is 3. The van der Waals surface area contributed by atoms with Crippen LogP contribution >= 0.6 is 0 Å². The predicted octanol–water partition coefficient (Wildman–Crippen LogP) is 3.07. The normalized spacial score (nSPS) is 10.4. The van der Waals surface area contributed by atoms with Gasteiger partial charge in [-0.1, -0.05) is 26.7 Å². The summed E-state index contributed by atoms with van der Waals surface area (Å²) in [5.41, 5.74) is 6.79. The Morgan fingerprint density at radius 3 is 2.19 bits per heavy atom. The van der Waals surface area contributed by atoms with Crippen LogP contribution in [0.15, 0.2) is 18.3 Å². The second kappa shape index (κ2) is 7.09. The first-order chi connectivity index (χ1) is 7.77. The highest BCUT2D eigenvalue weighted by atomic mass is 15.1. The highest BCUT2D eigenvalue weighted by Gasteiger charge is 2.05. The number of hydrogen-bond donors (Lipinski definition) is 1. The molecule has 16 heavy (non-hydrogen) atoms. The van der Waals surface area contributed by atoms with E-state index in [1.807, 2.05) is 12.3 Å². The van der Waals surface area contributed by atoms with Crippen LogP contribution in [0.1, 0.15) is 39.5 Å². The van der Waals surface area contributed by atoms with E-state index >= 15 is 0 Å². The third-order valence-corrected chi connectivity index (χ3v) is 2.70. The Bertz CT molecular complexity index is 274. The summed E-state index contributed by atoms with van der Waals surface area (Å²) in [5.74, 6) is 0.592. The van der Waals surface area contributed by atoms with Crippen molar-refractivity contribution in [2.24, 2.45) is 0 Å². The number of nitrogen functional groups attached to an aromatic ring is 1. The average Bonchev–Trinajstić information content (AvgIpc) is 2.31. The van der Waals surface area contributed by atoms with E-state index in [4.69, 9.17) is 5.73 Å². The molecule has 0 amide bonds. The molecule has 2 N–H and O–H groups in total. The lowest BCUT2D eigenvalue weighted by Gasteiger charge is -2.24. The van der Waals surface area contributed by atoms with Crippen molar-refractivity contribution in [3.8, 4) is 0 Å². The molecule has 3 heteroatoms. The molecular formula is C13H23N3. The van der Waals surface area contributed by atoms with Crippen molar-refractivity contribution in [1.29, 1.82) is 0 Å². The van der Waals surface area contributed by atoms with Gasteiger partial charge in [-0.15, -0.1) is 0 Å². The van der Waals surface area contributed by atoms with Gasteiger partial charge in [0.1, 0.15) is 5.82 Å². The maximum atomic E-state index is 5.60. The number of aromatic nitrogens is 1. The van der Waals surface area contributed by atoms with Gasteiger partial charge in [0.05, 0.1) is 11.9 Å². The van der Waals surface area contributed by atoms with Crippen molar-refractivity contribution >= 4 is 11.5 Å². The summed E-state index contributed by atoms with van der Waals surface area (Å²) in [6.45, 7) is 6.67. The lowest BCUT2D eigenvalue weighted by molar-refractivity contribution is 0.677. The highest BCUT2D eigenvalue weighted by Crippen LogP contribution is 2.15. The van der Waals surface area contributed by atoms with E-state index in [1.165, 1.54) is 31.4 Å². The maximum absolute atomic E-state index is 5.60. The second-order valence-corrected chi connectivity index (χ2v) is 4.14. The molecule has 0 aliphatic rings. The van der Waals surface area contributed by atoms with Gasteiger partial charge in [0.25, 0.3) is 0 Å². The Morgan fingerprint density at radius 2 is 1.75 bits per heavy atom. The minimum atomic E-state index is 0.592. The lowest BCUT2D eigenvalue weighted by atomic mass is 10.2. The molecule has 0 aliphatic heterocycles. The van der Waals surface area contributed by atoms with Gasteiger partial charge in [-0.25, -0.2) is 4.98 Å². The smallest absolute Gasteiger partial charge is 0.123 e. The largest absolute Gasteiger partial charge is 0.384 e. The summed E-state index contributed by atoms with van der Waals surface area (Å²) in [7, 11) is 0. The van der Waals surface area contributed by atoms with Crippen LogP contribution in [-0.2, 0) is 0 Å². The molecule has 0 bridgehead atoms. The van der Waals surface area contributed by atoms with Crippen molar-refractivity contribution in [3.05, 3.63) is 18.3 Å². The topological polar surface area (TPSA) is 42.1 Å². The fraction of sp³-hybridized carbons (Fsp3) is 0.615. The summed E-state index contributed by atoms with van der Waals surface area (Å²) >= 11 is 0. The number of nitrogens with two attached hydrogens (primary N) is 1. The Morgan fingerprint density at radius 1 is 1.12 bits per heavy atom.